The topological polar surface area (TPSA) is 43.1 Å². The largest absolute Gasteiger partial charge is 0.397 e. The van der Waals surface area contributed by atoms with E-state index < -0.39 is 17.7 Å². The Balaban J connectivity index is 2.19. The third kappa shape index (κ3) is 4.36. The van der Waals surface area contributed by atoms with Gasteiger partial charge in [-0.05, 0) is 31.2 Å². The van der Waals surface area contributed by atoms with Crippen LogP contribution >= 0.6 is 27.7 Å². The number of benzene rings is 1. The number of alkyl halides is 3. The average molecular weight is 394 g/mol. The van der Waals surface area contributed by atoms with Crippen LogP contribution in [0.5, 0.6) is 0 Å². The lowest BCUT2D eigenvalue weighted by molar-refractivity contribution is -0.105. The van der Waals surface area contributed by atoms with Crippen molar-refractivity contribution in [2.75, 3.05) is 11.5 Å². The number of hydrogen-bond donors (Lipinski definition) is 0. The second-order valence-electron chi connectivity index (χ2n) is 4.51. The molecule has 0 spiro atoms. The Morgan fingerprint density at radius 1 is 1.32 bits per heavy atom. The van der Waals surface area contributed by atoms with Crippen LogP contribution in [-0.4, -0.2) is 28.6 Å². The van der Waals surface area contributed by atoms with Crippen molar-refractivity contribution in [2.45, 2.75) is 13.1 Å². The molecule has 0 aliphatic rings. The number of carbonyl (C=O) groups excluding carboxylic acids is 1. The Kier molecular flexibility index (Phi) is 5.33. The standard InChI is InChI=1S/C14H11BrF3NO2S/c1-8-12(11(20)6-22-7-14(16,17)18)13(21-19-8)9-2-4-10(15)5-3-9/h2-5H,6-7H2,1H3. The SMILES string of the molecule is Cc1noc(-c2ccc(Br)cc2)c1C(=O)CSCC(F)(F)F. The number of aromatic nitrogens is 1. The van der Waals surface area contributed by atoms with Crippen LogP contribution in [0.4, 0.5) is 13.2 Å². The van der Waals surface area contributed by atoms with Crippen molar-refractivity contribution in [1.82, 2.24) is 5.16 Å². The highest BCUT2D eigenvalue weighted by Crippen LogP contribution is 2.29. The van der Waals surface area contributed by atoms with Gasteiger partial charge in [-0.15, -0.1) is 11.8 Å². The Bertz CT molecular complexity index is 668. The molecule has 0 atom stereocenters. The van der Waals surface area contributed by atoms with Crippen molar-refractivity contribution in [1.29, 1.82) is 0 Å². The Morgan fingerprint density at radius 3 is 2.55 bits per heavy atom. The monoisotopic (exact) mass is 393 g/mol. The van der Waals surface area contributed by atoms with E-state index in [0.717, 1.165) is 4.47 Å². The first kappa shape index (κ1) is 17.1. The lowest BCUT2D eigenvalue weighted by Crippen LogP contribution is -2.14. The van der Waals surface area contributed by atoms with Gasteiger partial charge in [-0.3, -0.25) is 4.79 Å². The number of Topliss-reactive ketones (excluding diaryl/α,β-unsaturated/α-hetero) is 1. The minimum absolute atomic E-state index is 0.233. The zero-order valence-corrected chi connectivity index (χ0v) is 13.8. The number of aryl methyl sites for hydroxylation is 1. The number of carbonyl (C=O) groups is 1. The number of nitrogens with zero attached hydrogens (tertiary/aromatic N) is 1. The lowest BCUT2D eigenvalue weighted by Gasteiger charge is -2.05. The smallest absolute Gasteiger partial charge is 0.355 e. The van der Waals surface area contributed by atoms with Gasteiger partial charge in [0, 0.05) is 10.0 Å². The Morgan fingerprint density at radius 2 is 1.95 bits per heavy atom. The maximum absolute atomic E-state index is 12.2. The fourth-order valence-electron chi connectivity index (χ4n) is 1.83. The normalized spacial score (nSPS) is 11.7. The summed E-state index contributed by atoms with van der Waals surface area (Å²) in [5.74, 6) is -1.48. The summed E-state index contributed by atoms with van der Waals surface area (Å²) in [5.41, 5.74) is 1.25. The molecule has 118 valence electrons. The summed E-state index contributed by atoms with van der Waals surface area (Å²) in [5, 5.41) is 3.75. The molecule has 0 unspecified atom stereocenters. The third-order valence-electron chi connectivity index (χ3n) is 2.75. The van der Waals surface area contributed by atoms with Gasteiger partial charge >= 0.3 is 6.18 Å². The highest BCUT2D eigenvalue weighted by Gasteiger charge is 2.28. The summed E-state index contributed by atoms with van der Waals surface area (Å²) in [6.45, 7) is 1.59. The van der Waals surface area contributed by atoms with E-state index >= 15 is 0 Å². The zero-order chi connectivity index (χ0) is 16.3. The van der Waals surface area contributed by atoms with Gasteiger partial charge in [0.25, 0.3) is 0 Å². The summed E-state index contributed by atoms with van der Waals surface area (Å²) in [6.07, 6.45) is -4.29. The van der Waals surface area contributed by atoms with Crippen LogP contribution in [-0.2, 0) is 0 Å². The molecule has 0 saturated heterocycles. The Labute approximate surface area is 137 Å². The molecule has 3 nitrogen and oxygen atoms in total. The molecule has 22 heavy (non-hydrogen) atoms. The summed E-state index contributed by atoms with van der Waals surface area (Å²) in [7, 11) is 0. The summed E-state index contributed by atoms with van der Waals surface area (Å²) < 4.78 is 42.5. The molecular weight excluding hydrogens is 383 g/mol. The van der Waals surface area contributed by atoms with Gasteiger partial charge in [0.05, 0.1) is 22.8 Å². The molecule has 1 heterocycles. The first-order chi connectivity index (χ1) is 10.3. The van der Waals surface area contributed by atoms with Crippen LogP contribution in [0.2, 0.25) is 0 Å². The second-order valence-corrected chi connectivity index (χ2v) is 6.41. The van der Waals surface area contributed by atoms with E-state index in [-0.39, 0.29) is 17.1 Å². The maximum Gasteiger partial charge on any atom is 0.397 e. The van der Waals surface area contributed by atoms with Crippen molar-refractivity contribution < 1.29 is 22.5 Å². The fraction of sp³-hybridized carbons (Fsp3) is 0.286. The highest BCUT2D eigenvalue weighted by atomic mass is 79.9. The van der Waals surface area contributed by atoms with Crippen LogP contribution in [0.15, 0.2) is 33.3 Å². The van der Waals surface area contributed by atoms with E-state index in [0.29, 0.717) is 23.0 Å². The molecule has 0 aliphatic carbocycles. The molecule has 0 radical (unpaired) electrons. The molecule has 0 fully saturated rings. The van der Waals surface area contributed by atoms with Gasteiger partial charge in [0.15, 0.2) is 11.5 Å². The molecule has 0 bridgehead atoms. The average Bonchev–Trinajstić information content (AvgIpc) is 2.80. The van der Waals surface area contributed by atoms with Gasteiger partial charge in [0.1, 0.15) is 0 Å². The number of rotatable bonds is 5. The first-order valence-corrected chi connectivity index (χ1v) is 8.12. The van der Waals surface area contributed by atoms with Crippen LogP contribution in [0.1, 0.15) is 16.1 Å². The molecule has 2 rings (SSSR count). The number of hydrogen-bond acceptors (Lipinski definition) is 4. The van der Waals surface area contributed by atoms with Crippen molar-refractivity contribution >= 4 is 33.5 Å². The van der Waals surface area contributed by atoms with Gasteiger partial charge < -0.3 is 4.52 Å². The quantitative estimate of drug-likeness (QED) is 0.678. The summed E-state index contributed by atoms with van der Waals surface area (Å²) >= 11 is 3.83. The Hall–Kier alpha value is -1.28. The second kappa shape index (κ2) is 6.87. The minimum atomic E-state index is -4.29. The zero-order valence-electron chi connectivity index (χ0n) is 11.4. The van der Waals surface area contributed by atoms with Crippen LogP contribution in [0.25, 0.3) is 11.3 Å². The van der Waals surface area contributed by atoms with E-state index in [1.165, 1.54) is 0 Å². The van der Waals surface area contributed by atoms with E-state index in [4.69, 9.17) is 4.52 Å². The predicted octanol–water partition coefficient (Wildman–Crippen LogP) is 4.89. The summed E-state index contributed by atoms with van der Waals surface area (Å²) in [4.78, 5) is 12.2. The van der Waals surface area contributed by atoms with E-state index in [2.05, 4.69) is 21.1 Å². The van der Waals surface area contributed by atoms with Crippen LogP contribution in [0.3, 0.4) is 0 Å². The van der Waals surface area contributed by atoms with Gasteiger partial charge in [-0.1, -0.05) is 21.1 Å². The van der Waals surface area contributed by atoms with E-state index in [9.17, 15) is 18.0 Å². The summed E-state index contributed by atoms with van der Waals surface area (Å²) in [6, 6.07) is 7.03. The molecule has 2 aromatic rings. The van der Waals surface area contributed by atoms with E-state index in [1.807, 2.05) is 0 Å². The fourth-order valence-corrected chi connectivity index (χ4v) is 2.76. The number of halogens is 4. The van der Waals surface area contributed by atoms with Gasteiger partial charge in [-0.25, -0.2) is 0 Å². The third-order valence-corrected chi connectivity index (χ3v) is 4.27. The molecular formula is C14H11BrF3NO2S. The number of ketones is 1. The minimum Gasteiger partial charge on any atom is -0.355 e. The highest BCUT2D eigenvalue weighted by molar-refractivity contribution is 9.10. The molecule has 0 aliphatic heterocycles. The van der Waals surface area contributed by atoms with Crippen molar-refractivity contribution in [3.05, 3.63) is 40.0 Å². The van der Waals surface area contributed by atoms with Crippen LogP contribution in [0, 0.1) is 6.92 Å². The number of thioether (sulfide) groups is 1. The maximum atomic E-state index is 12.2. The van der Waals surface area contributed by atoms with Crippen molar-refractivity contribution in [3.63, 3.8) is 0 Å². The van der Waals surface area contributed by atoms with Gasteiger partial charge in [-0.2, -0.15) is 13.2 Å². The van der Waals surface area contributed by atoms with Crippen LogP contribution < -0.4 is 0 Å². The van der Waals surface area contributed by atoms with Crippen molar-refractivity contribution in [3.8, 4) is 11.3 Å². The first-order valence-electron chi connectivity index (χ1n) is 6.18. The predicted molar refractivity (Wildman–Crippen MR) is 82.1 cm³/mol. The molecule has 1 aromatic carbocycles. The molecule has 8 heteroatoms. The van der Waals surface area contributed by atoms with E-state index in [1.54, 1.807) is 31.2 Å². The molecule has 0 saturated carbocycles. The lowest BCUT2D eigenvalue weighted by atomic mass is 10.0. The van der Waals surface area contributed by atoms with Crippen molar-refractivity contribution in [2.24, 2.45) is 0 Å². The molecule has 1 aromatic heterocycles. The molecule has 0 amide bonds. The molecule has 0 N–H and O–H groups in total. The van der Waals surface area contributed by atoms with Gasteiger partial charge in [0.2, 0.25) is 0 Å².